The summed E-state index contributed by atoms with van der Waals surface area (Å²) in [5.74, 6) is -2.20. The fourth-order valence-electron chi connectivity index (χ4n) is 11.2. The topological polar surface area (TPSA) is 237 Å². The van der Waals surface area contributed by atoms with Crippen LogP contribution < -0.4 is 18.9 Å². The minimum atomic E-state index is -0.766. The summed E-state index contributed by atoms with van der Waals surface area (Å²) >= 11 is 0. The van der Waals surface area contributed by atoms with Crippen LogP contribution in [0.4, 0.5) is 0 Å². The van der Waals surface area contributed by atoms with E-state index in [2.05, 4.69) is 47.4 Å². The maximum atomic E-state index is 14.8. The van der Waals surface area contributed by atoms with E-state index in [1.165, 1.54) is 0 Å². The molecule has 97 heavy (non-hydrogen) atoms. The Kier molecular flexibility index (Phi) is 35.7. The Morgan fingerprint density at radius 1 is 0.299 bits per heavy atom. The van der Waals surface area contributed by atoms with E-state index in [1.807, 2.05) is 48.5 Å². The molecule has 1 aliphatic carbocycles. The Labute approximate surface area is 572 Å². The van der Waals surface area contributed by atoms with Gasteiger partial charge in [-0.2, -0.15) is 0 Å². The molecule has 0 saturated heterocycles. The summed E-state index contributed by atoms with van der Waals surface area (Å²) in [6.07, 6.45) is 16.5. The summed E-state index contributed by atoms with van der Waals surface area (Å²) < 4.78 is 54.3. The summed E-state index contributed by atoms with van der Waals surface area (Å²) in [5, 5.41) is 0. The van der Waals surface area contributed by atoms with Crippen molar-refractivity contribution in [3.63, 3.8) is 0 Å². The molecule has 0 spiro atoms. The monoisotopic (exact) mass is 1340 g/mol. The summed E-state index contributed by atoms with van der Waals surface area (Å²) in [6.45, 7) is 20.6. The molecule has 0 atom stereocenters. The Morgan fingerprint density at radius 3 is 0.722 bits per heavy atom. The molecule has 5 rings (SSSR count). The molecule has 0 saturated carbocycles. The third-order valence-corrected chi connectivity index (χ3v) is 16.1. The molecule has 18 nitrogen and oxygen atoms in total. The molecule has 0 unspecified atom stereocenters. The van der Waals surface area contributed by atoms with Gasteiger partial charge in [-0.15, -0.1) is 0 Å². The second kappa shape index (κ2) is 44.0. The van der Waals surface area contributed by atoms with Crippen LogP contribution in [0, 0.1) is 0 Å². The number of esters is 5. The van der Waals surface area contributed by atoms with Crippen LogP contribution in [-0.4, -0.2) is 112 Å². The van der Waals surface area contributed by atoms with E-state index < -0.39 is 29.8 Å². The minimum Gasteiger partial charge on any atom is -0.493 e. The first kappa shape index (κ1) is 78.8. The van der Waals surface area contributed by atoms with Gasteiger partial charge in [0.25, 0.3) is 0 Å². The largest absolute Gasteiger partial charge is 0.493 e. The predicted octanol–water partition coefficient (Wildman–Crippen LogP) is 15.3. The first-order chi connectivity index (χ1) is 47.0. The van der Waals surface area contributed by atoms with Crippen molar-refractivity contribution in [3.8, 4) is 23.0 Å². The fourth-order valence-corrected chi connectivity index (χ4v) is 11.2. The van der Waals surface area contributed by atoms with E-state index >= 15 is 0 Å². The van der Waals surface area contributed by atoms with Gasteiger partial charge < -0.3 is 42.6 Å². The molecule has 524 valence electrons. The van der Waals surface area contributed by atoms with Crippen molar-refractivity contribution in [3.05, 3.63) is 165 Å². The predicted molar refractivity (Wildman–Crippen MR) is 372 cm³/mol. The molecule has 4 aromatic carbocycles. The van der Waals surface area contributed by atoms with Gasteiger partial charge in [0.15, 0.2) is 23.1 Å². The minimum absolute atomic E-state index is 0.00230. The number of hydrogen-bond acceptors (Lipinski definition) is 18. The van der Waals surface area contributed by atoms with Gasteiger partial charge in [0.1, 0.15) is 23.0 Å². The van der Waals surface area contributed by atoms with Crippen molar-refractivity contribution in [1.29, 1.82) is 0 Å². The molecule has 4 aromatic rings. The number of hydrogen-bond donors (Lipinski definition) is 0. The lowest BCUT2D eigenvalue weighted by atomic mass is 9.86. The quantitative estimate of drug-likeness (QED) is 0.0116. The number of carbonyl (C=O) groups is 9. The molecular weight excluding hydrogens is 1240 g/mol. The van der Waals surface area contributed by atoms with Crippen molar-refractivity contribution in [2.75, 3.05) is 59.5 Å². The zero-order valence-corrected chi connectivity index (χ0v) is 57.8. The van der Waals surface area contributed by atoms with Crippen molar-refractivity contribution in [2.24, 2.45) is 0 Å². The summed E-state index contributed by atoms with van der Waals surface area (Å²) in [7, 11) is 0. The highest BCUT2D eigenvalue weighted by atomic mass is 16.6. The standard InChI is InChI=1S/C79H100O18/c1-9-17-21-29-67(80)55-43-59-51-61-45-56(68(81)30-22-18-10-2)47-63(77(61)95-40-26-36-91-72(85)14-6)53-65-49-58(70(83)32-24-20-12-4)50-66(79(65)97-42-28-38-93-75(88)34-33-74(87)89-16-8)54-64-48-57(69(82)31-23-19-11-3)46-62(78(64)96-41-27-37-92-73(86)15-7)52-60(44-55)76(59)94-39-25-35-90-71(84)13-5/h13-15,33-34,43-50H,5-7,9-12,16-32,35-42,51-54H2,1-4,8H3/b34-33-. The highest BCUT2D eigenvalue weighted by molar-refractivity contribution is 5.99. The Bertz CT molecular complexity index is 3230. The number of unbranched alkanes of at least 4 members (excludes halogenated alkanes) is 8. The second-order valence-corrected chi connectivity index (χ2v) is 23.9. The lowest BCUT2D eigenvalue weighted by Gasteiger charge is -2.25. The zero-order valence-electron chi connectivity index (χ0n) is 57.8. The highest BCUT2D eigenvalue weighted by Gasteiger charge is 2.28. The highest BCUT2D eigenvalue weighted by Crippen LogP contribution is 2.42. The molecule has 0 fully saturated rings. The summed E-state index contributed by atoms with van der Waals surface area (Å²) in [4.78, 5) is 121. The van der Waals surface area contributed by atoms with Crippen LogP contribution in [0.15, 0.2) is 98.6 Å². The van der Waals surface area contributed by atoms with Crippen LogP contribution in [-0.2, 0) is 73.3 Å². The van der Waals surface area contributed by atoms with Crippen molar-refractivity contribution in [2.45, 2.75) is 189 Å². The van der Waals surface area contributed by atoms with Crippen LogP contribution in [0.1, 0.15) is 249 Å². The number of carbonyl (C=O) groups excluding carboxylic acids is 9. The van der Waals surface area contributed by atoms with E-state index in [0.717, 1.165) is 81.7 Å². The SMILES string of the molecule is C=CC(=O)OCCCOc1c2cc(C(=O)CCCCC)cc1Cc1cc(C(=O)CCCCC)cc(c1OCCCOC(=O)C=C)Cc1cc(C(=O)CCCCC)cc(c1OCCCOC(=O)/C=C\C(=O)OCC)Cc1cc(C(=O)CCCCC)cc(c1OCCCOC(=O)C=C)C2. The van der Waals surface area contributed by atoms with Crippen LogP contribution in [0.3, 0.4) is 0 Å². The van der Waals surface area contributed by atoms with Gasteiger partial charge in [-0.25, -0.2) is 24.0 Å². The average molecular weight is 1340 g/mol. The van der Waals surface area contributed by atoms with Gasteiger partial charge in [0.2, 0.25) is 0 Å². The third-order valence-electron chi connectivity index (χ3n) is 16.1. The van der Waals surface area contributed by atoms with E-state index in [9.17, 15) is 43.2 Å². The molecule has 0 N–H and O–H groups in total. The van der Waals surface area contributed by atoms with Crippen molar-refractivity contribution in [1.82, 2.24) is 0 Å². The molecule has 0 radical (unpaired) electrons. The average Bonchev–Trinajstić information content (AvgIpc) is 0.775. The van der Waals surface area contributed by atoms with E-state index in [0.29, 0.717) is 115 Å². The van der Waals surface area contributed by atoms with Crippen LogP contribution >= 0.6 is 0 Å². The Balaban J connectivity index is 1.98. The molecular formula is C79H100O18. The smallest absolute Gasteiger partial charge is 0.331 e. The number of fused-ring (bicyclic) bond motifs is 8. The molecule has 1 aliphatic rings. The number of Topliss-reactive ketones (excluding diaryl/α,β-unsaturated/α-hetero) is 4. The van der Waals surface area contributed by atoms with Gasteiger partial charge in [0.05, 0.1) is 59.5 Å². The fraction of sp³-hybridized carbons (Fsp3) is 0.481. The van der Waals surface area contributed by atoms with Crippen LogP contribution in [0.25, 0.3) is 0 Å². The molecule has 8 bridgehead atoms. The third kappa shape index (κ3) is 26.9. The Morgan fingerprint density at radius 2 is 0.515 bits per heavy atom. The zero-order chi connectivity index (χ0) is 70.3. The van der Waals surface area contributed by atoms with Crippen LogP contribution in [0.2, 0.25) is 0 Å². The molecule has 0 heterocycles. The Hall–Kier alpha value is -8.93. The summed E-state index contributed by atoms with van der Waals surface area (Å²) in [6, 6.07) is 14.5. The van der Waals surface area contributed by atoms with Gasteiger partial charge in [-0.3, -0.25) is 19.2 Å². The lowest BCUT2D eigenvalue weighted by Crippen LogP contribution is -2.15. The van der Waals surface area contributed by atoms with E-state index in [-0.39, 0.29) is 160 Å². The first-order valence-electron chi connectivity index (χ1n) is 34.7. The van der Waals surface area contributed by atoms with E-state index in [1.54, 1.807) is 6.92 Å². The molecule has 18 heteroatoms. The number of ether oxygens (including phenoxy) is 9. The molecule has 0 amide bonds. The van der Waals surface area contributed by atoms with Crippen molar-refractivity contribution >= 4 is 53.0 Å². The molecule has 0 aliphatic heterocycles. The second-order valence-electron chi connectivity index (χ2n) is 23.9. The number of ketones is 4. The van der Waals surface area contributed by atoms with E-state index in [4.69, 9.17) is 42.6 Å². The van der Waals surface area contributed by atoms with Gasteiger partial charge >= 0.3 is 29.8 Å². The normalized spacial score (nSPS) is 11.6. The maximum Gasteiger partial charge on any atom is 0.331 e. The summed E-state index contributed by atoms with van der Waals surface area (Å²) in [5.41, 5.74) is 5.95. The maximum absolute atomic E-state index is 14.8. The van der Waals surface area contributed by atoms with Crippen LogP contribution in [0.5, 0.6) is 23.0 Å². The van der Waals surface area contributed by atoms with Gasteiger partial charge in [-0.05, 0) is 126 Å². The molecule has 0 aromatic heterocycles. The number of benzene rings is 4. The van der Waals surface area contributed by atoms with Crippen molar-refractivity contribution < 1.29 is 85.8 Å². The lowest BCUT2D eigenvalue weighted by molar-refractivity contribution is -0.140. The number of rotatable bonds is 46. The first-order valence-corrected chi connectivity index (χ1v) is 34.7. The van der Waals surface area contributed by atoms with Gasteiger partial charge in [-0.1, -0.05) is 98.8 Å². The van der Waals surface area contributed by atoms with Gasteiger partial charge in [0, 0.05) is 130 Å².